The van der Waals surface area contributed by atoms with Crippen molar-refractivity contribution in [3.05, 3.63) is 71.8 Å². The maximum Gasteiger partial charge on any atom is 0.168 e. The molecule has 102 valence electrons. The zero-order valence-corrected chi connectivity index (χ0v) is 11.5. The van der Waals surface area contributed by atoms with Crippen molar-refractivity contribution in [3.63, 3.8) is 0 Å². The lowest BCUT2D eigenvalue weighted by atomic mass is 10.1. The normalized spacial score (nSPS) is 11.2. The Hall–Kier alpha value is -2.42. The fraction of sp³-hybridized carbons (Fsp3) is 0.176. The Kier molecular flexibility index (Phi) is 5.07. The van der Waals surface area contributed by atoms with Crippen LogP contribution in [-0.4, -0.2) is 11.5 Å². The molecule has 3 heteroatoms. The minimum absolute atomic E-state index is 0.0511. The minimum atomic E-state index is 0.0511. The fourth-order valence-corrected chi connectivity index (χ4v) is 1.78. The van der Waals surface area contributed by atoms with Crippen LogP contribution in [0.25, 0.3) is 0 Å². The molecule has 0 spiro atoms. The Morgan fingerprint density at radius 2 is 1.60 bits per heavy atom. The van der Waals surface area contributed by atoms with Crippen LogP contribution in [0, 0.1) is 0 Å². The van der Waals surface area contributed by atoms with E-state index in [9.17, 15) is 4.79 Å². The molecule has 2 rings (SSSR count). The van der Waals surface area contributed by atoms with Gasteiger partial charge in [0.15, 0.2) is 5.78 Å². The Balaban J connectivity index is 1.84. The molecule has 0 aliphatic carbocycles. The average molecular weight is 267 g/mol. The van der Waals surface area contributed by atoms with Gasteiger partial charge in [-0.15, -0.1) is 0 Å². The van der Waals surface area contributed by atoms with E-state index in [1.165, 1.54) is 0 Å². The van der Waals surface area contributed by atoms with E-state index in [2.05, 4.69) is 5.16 Å². The number of ketones is 1. The molecule has 0 aliphatic heterocycles. The van der Waals surface area contributed by atoms with Gasteiger partial charge < -0.3 is 4.84 Å². The number of nitrogens with zero attached hydrogens (tertiary/aromatic N) is 1. The van der Waals surface area contributed by atoms with Crippen LogP contribution in [0.1, 0.15) is 29.3 Å². The predicted molar refractivity (Wildman–Crippen MR) is 79.7 cm³/mol. The summed E-state index contributed by atoms with van der Waals surface area (Å²) in [7, 11) is 0. The molecule has 0 aliphatic rings. The topological polar surface area (TPSA) is 38.7 Å². The van der Waals surface area contributed by atoms with Gasteiger partial charge in [-0.1, -0.05) is 65.8 Å². The van der Waals surface area contributed by atoms with Gasteiger partial charge in [-0.05, 0) is 12.5 Å². The van der Waals surface area contributed by atoms with Gasteiger partial charge in [0.05, 0.1) is 12.1 Å². The van der Waals surface area contributed by atoms with Crippen molar-refractivity contribution < 1.29 is 9.63 Å². The quantitative estimate of drug-likeness (QED) is 0.453. The first-order valence-corrected chi connectivity index (χ1v) is 6.53. The van der Waals surface area contributed by atoms with Crippen LogP contribution < -0.4 is 0 Å². The molecule has 0 saturated heterocycles. The first-order chi connectivity index (χ1) is 9.75. The van der Waals surface area contributed by atoms with Crippen LogP contribution in [0.5, 0.6) is 0 Å². The highest BCUT2D eigenvalue weighted by Gasteiger charge is 2.06. The molecular formula is C17H17NO2. The lowest BCUT2D eigenvalue weighted by Crippen LogP contribution is -2.05. The number of oxime groups is 1. The molecule has 0 atom stereocenters. The first kappa shape index (κ1) is 14.0. The van der Waals surface area contributed by atoms with E-state index in [0.717, 1.165) is 5.56 Å². The van der Waals surface area contributed by atoms with Gasteiger partial charge in [-0.3, -0.25) is 4.79 Å². The molecule has 0 amide bonds. The molecule has 0 saturated carbocycles. The van der Waals surface area contributed by atoms with Gasteiger partial charge in [0.1, 0.15) is 6.61 Å². The van der Waals surface area contributed by atoms with Crippen LogP contribution in [0.4, 0.5) is 0 Å². The van der Waals surface area contributed by atoms with Gasteiger partial charge in [0.25, 0.3) is 0 Å². The third-order valence-electron chi connectivity index (χ3n) is 2.81. The summed E-state index contributed by atoms with van der Waals surface area (Å²) in [5.41, 5.74) is 2.43. The van der Waals surface area contributed by atoms with Crippen LogP contribution in [0.15, 0.2) is 65.8 Å². The van der Waals surface area contributed by atoms with Crippen molar-refractivity contribution in [2.24, 2.45) is 5.16 Å². The summed E-state index contributed by atoms with van der Waals surface area (Å²) < 4.78 is 0. The third-order valence-corrected chi connectivity index (χ3v) is 2.81. The van der Waals surface area contributed by atoms with Crippen LogP contribution in [0.2, 0.25) is 0 Å². The summed E-state index contributed by atoms with van der Waals surface area (Å²) >= 11 is 0. The highest BCUT2D eigenvalue weighted by atomic mass is 16.6. The molecule has 0 bridgehead atoms. The SMILES string of the molecule is C/C(CC(=O)c1ccccc1)=N\OCc1ccccc1. The van der Waals surface area contributed by atoms with Gasteiger partial charge in [0.2, 0.25) is 0 Å². The Bertz CT molecular complexity index is 576. The lowest BCUT2D eigenvalue weighted by molar-refractivity contribution is 0.0993. The number of Topliss-reactive ketones (excluding diaryl/α,β-unsaturated/α-hetero) is 1. The second-order valence-electron chi connectivity index (χ2n) is 4.55. The monoisotopic (exact) mass is 267 g/mol. The lowest BCUT2D eigenvalue weighted by Gasteiger charge is -2.02. The molecule has 20 heavy (non-hydrogen) atoms. The largest absolute Gasteiger partial charge is 0.391 e. The van der Waals surface area contributed by atoms with E-state index in [0.29, 0.717) is 17.9 Å². The number of benzene rings is 2. The molecule has 0 aromatic heterocycles. The minimum Gasteiger partial charge on any atom is -0.391 e. The molecule has 2 aromatic rings. The second kappa shape index (κ2) is 7.24. The molecule has 0 N–H and O–H groups in total. The average Bonchev–Trinajstić information content (AvgIpc) is 2.49. The van der Waals surface area contributed by atoms with Gasteiger partial charge in [-0.25, -0.2) is 0 Å². The van der Waals surface area contributed by atoms with Crippen molar-refractivity contribution in [3.8, 4) is 0 Å². The van der Waals surface area contributed by atoms with Crippen LogP contribution in [-0.2, 0) is 11.4 Å². The summed E-state index contributed by atoms with van der Waals surface area (Å²) in [6.07, 6.45) is 0.277. The molecule has 3 nitrogen and oxygen atoms in total. The molecule has 0 heterocycles. The second-order valence-corrected chi connectivity index (χ2v) is 4.55. The smallest absolute Gasteiger partial charge is 0.168 e. The summed E-state index contributed by atoms with van der Waals surface area (Å²) in [6, 6.07) is 19.0. The van der Waals surface area contributed by atoms with Crippen LogP contribution in [0.3, 0.4) is 0 Å². The molecule has 2 aromatic carbocycles. The van der Waals surface area contributed by atoms with Gasteiger partial charge in [-0.2, -0.15) is 0 Å². The summed E-state index contributed by atoms with van der Waals surface area (Å²) in [5.74, 6) is 0.0511. The molecule has 0 fully saturated rings. The summed E-state index contributed by atoms with van der Waals surface area (Å²) in [5, 5.41) is 3.98. The first-order valence-electron chi connectivity index (χ1n) is 6.53. The highest BCUT2D eigenvalue weighted by molar-refractivity contribution is 6.08. The van der Waals surface area contributed by atoms with Gasteiger partial charge >= 0.3 is 0 Å². The maximum absolute atomic E-state index is 12.0. The van der Waals surface area contributed by atoms with Gasteiger partial charge in [0, 0.05) is 5.56 Å². The van der Waals surface area contributed by atoms with E-state index < -0.39 is 0 Å². The summed E-state index contributed by atoms with van der Waals surface area (Å²) in [4.78, 5) is 17.2. The van der Waals surface area contributed by atoms with Crippen molar-refractivity contribution in [2.45, 2.75) is 20.0 Å². The Morgan fingerprint density at radius 3 is 2.25 bits per heavy atom. The predicted octanol–water partition coefficient (Wildman–Crippen LogP) is 3.85. The summed E-state index contributed by atoms with van der Waals surface area (Å²) in [6.45, 7) is 2.21. The van der Waals surface area contributed by atoms with E-state index in [4.69, 9.17) is 4.84 Å². The standard InChI is InChI=1S/C17H17NO2/c1-14(12-17(19)16-10-6-3-7-11-16)18-20-13-15-8-4-2-5-9-15/h2-11H,12-13H2,1H3/b18-14+. The number of hydrogen-bond donors (Lipinski definition) is 0. The number of carbonyl (C=O) groups excluding carboxylic acids is 1. The molecular weight excluding hydrogens is 250 g/mol. The van der Waals surface area contributed by atoms with Crippen LogP contribution >= 0.6 is 0 Å². The van der Waals surface area contributed by atoms with E-state index in [-0.39, 0.29) is 12.2 Å². The Morgan fingerprint density at radius 1 is 1.00 bits per heavy atom. The van der Waals surface area contributed by atoms with Crippen molar-refractivity contribution in [2.75, 3.05) is 0 Å². The molecule has 0 radical (unpaired) electrons. The number of hydrogen-bond acceptors (Lipinski definition) is 3. The van der Waals surface area contributed by atoms with Crippen molar-refractivity contribution in [1.82, 2.24) is 0 Å². The zero-order chi connectivity index (χ0) is 14.2. The number of rotatable bonds is 6. The van der Waals surface area contributed by atoms with Crippen molar-refractivity contribution >= 4 is 11.5 Å². The van der Waals surface area contributed by atoms with E-state index >= 15 is 0 Å². The fourth-order valence-electron chi connectivity index (χ4n) is 1.78. The van der Waals surface area contributed by atoms with E-state index in [1.54, 1.807) is 19.1 Å². The van der Waals surface area contributed by atoms with Crippen molar-refractivity contribution in [1.29, 1.82) is 0 Å². The number of carbonyl (C=O) groups is 1. The highest BCUT2D eigenvalue weighted by Crippen LogP contribution is 2.05. The molecule has 0 unspecified atom stereocenters. The third kappa shape index (κ3) is 4.35. The maximum atomic E-state index is 12.0. The van der Waals surface area contributed by atoms with E-state index in [1.807, 2.05) is 48.5 Å². The Labute approximate surface area is 118 Å². The zero-order valence-electron chi connectivity index (χ0n) is 11.5.